The summed E-state index contributed by atoms with van der Waals surface area (Å²) in [6.45, 7) is 1.96. The molecule has 0 aliphatic carbocycles. The van der Waals surface area contributed by atoms with E-state index in [0.717, 1.165) is 25.4 Å². The van der Waals surface area contributed by atoms with Gasteiger partial charge < -0.3 is 0 Å². The molecule has 3 aromatic carbocycles. The molecule has 10 heteroatoms. The minimum absolute atomic E-state index is 0.146. The molecule has 0 saturated carbocycles. The third kappa shape index (κ3) is 3.95. The van der Waals surface area contributed by atoms with Crippen LogP contribution in [-0.4, -0.2) is 24.3 Å². The van der Waals surface area contributed by atoms with Crippen molar-refractivity contribution in [3.05, 3.63) is 77.3 Å². The highest BCUT2D eigenvalue weighted by atomic mass is 32.2. The van der Waals surface area contributed by atoms with Crippen molar-refractivity contribution in [2.45, 2.75) is 11.8 Å². The maximum atomic E-state index is 12.8. The smallest absolute Gasteiger partial charge is 0.261 e. The number of carbonyl (C=O) groups excluding carboxylic acids is 1. The van der Waals surface area contributed by atoms with E-state index in [2.05, 4.69) is 20.0 Å². The Labute approximate surface area is 191 Å². The van der Waals surface area contributed by atoms with Crippen LogP contribution < -0.4 is 10.0 Å². The van der Waals surface area contributed by atoms with Crippen LogP contribution in [0.4, 0.5) is 10.8 Å². The van der Waals surface area contributed by atoms with Crippen LogP contribution in [0, 0.1) is 6.92 Å². The molecule has 0 aliphatic heterocycles. The van der Waals surface area contributed by atoms with Gasteiger partial charge in [0.15, 0.2) is 5.13 Å². The zero-order valence-electron chi connectivity index (χ0n) is 16.7. The Morgan fingerprint density at radius 2 is 1.75 bits per heavy atom. The normalized spacial score (nSPS) is 11.7. The number of rotatable bonds is 5. The van der Waals surface area contributed by atoms with Crippen LogP contribution in [0.3, 0.4) is 0 Å². The number of aryl methyl sites for hydroxylation is 1. The monoisotopic (exact) mass is 480 g/mol. The van der Waals surface area contributed by atoms with Crippen molar-refractivity contribution in [3.63, 3.8) is 0 Å². The van der Waals surface area contributed by atoms with Crippen LogP contribution in [0.1, 0.15) is 15.4 Å². The van der Waals surface area contributed by atoms with E-state index < -0.39 is 10.0 Å². The predicted molar refractivity (Wildman–Crippen MR) is 129 cm³/mol. The van der Waals surface area contributed by atoms with Gasteiger partial charge in [-0.15, -0.1) is 11.3 Å². The first-order valence-electron chi connectivity index (χ1n) is 9.55. The number of benzene rings is 3. The molecular weight excluding hydrogens is 464 g/mol. The van der Waals surface area contributed by atoms with Crippen molar-refractivity contribution in [1.29, 1.82) is 0 Å². The van der Waals surface area contributed by atoms with Gasteiger partial charge in [-0.25, -0.2) is 18.4 Å². The molecule has 0 bridgehead atoms. The van der Waals surface area contributed by atoms with E-state index in [1.165, 1.54) is 29.5 Å². The number of carbonyl (C=O) groups is 1. The molecule has 0 radical (unpaired) electrons. The Bertz CT molecular complexity index is 1570. The number of fused-ring (bicyclic) bond motifs is 3. The number of sulfonamides is 1. The lowest BCUT2D eigenvalue weighted by Gasteiger charge is -2.09. The van der Waals surface area contributed by atoms with Gasteiger partial charge in [-0.1, -0.05) is 35.6 Å². The van der Waals surface area contributed by atoms with E-state index in [0.29, 0.717) is 16.4 Å². The van der Waals surface area contributed by atoms with Crippen molar-refractivity contribution in [1.82, 2.24) is 9.97 Å². The van der Waals surface area contributed by atoms with Crippen molar-refractivity contribution in [2.24, 2.45) is 0 Å². The van der Waals surface area contributed by atoms with Gasteiger partial charge in [0, 0.05) is 11.3 Å². The van der Waals surface area contributed by atoms with Gasteiger partial charge in [-0.2, -0.15) is 0 Å². The third-order valence-electron chi connectivity index (χ3n) is 4.67. The topological polar surface area (TPSA) is 101 Å². The maximum Gasteiger partial charge on any atom is 0.261 e. The fourth-order valence-corrected chi connectivity index (χ4v) is 6.17. The Kier molecular flexibility index (Phi) is 5.12. The second kappa shape index (κ2) is 7.97. The van der Waals surface area contributed by atoms with Gasteiger partial charge in [0.25, 0.3) is 15.9 Å². The van der Waals surface area contributed by atoms with Crippen LogP contribution in [0.25, 0.3) is 20.4 Å². The second-order valence-corrected chi connectivity index (χ2v) is 10.9. The van der Waals surface area contributed by atoms with Gasteiger partial charge in [-0.05, 0) is 49.4 Å². The third-order valence-corrected chi connectivity index (χ3v) is 8.00. The number of aromatic nitrogens is 2. The summed E-state index contributed by atoms with van der Waals surface area (Å²) in [6.07, 6.45) is 0. The van der Waals surface area contributed by atoms with Crippen molar-refractivity contribution >= 4 is 69.9 Å². The highest BCUT2D eigenvalue weighted by Gasteiger charge is 2.16. The van der Waals surface area contributed by atoms with Crippen LogP contribution in [-0.2, 0) is 10.0 Å². The first-order chi connectivity index (χ1) is 15.4. The minimum atomic E-state index is -3.75. The van der Waals surface area contributed by atoms with E-state index in [1.807, 2.05) is 19.1 Å². The molecule has 0 unspecified atom stereocenters. The first-order valence-corrected chi connectivity index (χ1v) is 12.7. The largest absolute Gasteiger partial charge is 0.298 e. The molecule has 5 rings (SSSR count). The Hall–Kier alpha value is -3.34. The molecule has 160 valence electrons. The molecular formula is C22H16N4O3S3. The lowest BCUT2D eigenvalue weighted by atomic mass is 10.2. The summed E-state index contributed by atoms with van der Waals surface area (Å²) >= 11 is 2.98. The molecule has 0 saturated heterocycles. The SMILES string of the molecule is Cc1nc2c(ccc3nc(NC(=O)c4cccc(NS(=O)(=O)c5ccccc5)c4)sc32)s1. The Morgan fingerprint density at radius 1 is 0.938 bits per heavy atom. The van der Waals surface area contributed by atoms with Crippen molar-refractivity contribution in [3.8, 4) is 0 Å². The van der Waals surface area contributed by atoms with Gasteiger partial charge in [0.1, 0.15) is 5.52 Å². The van der Waals surface area contributed by atoms with Gasteiger partial charge >= 0.3 is 0 Å². The minimum Gasteiger partial charge on any atom is -0.298 e. The first kappa shape index (κ1) is 20.6. The zero-order valence-corrected chi connectivity index (χ0v) is 19.1. The van der Waals surface area contributed by atoms with Crippen LogP contribution in [0.15, 0.2) is 71.6 Å². The molecule has 0 atom stereocenters. The summed E-state index contributed by atoms with van der Waals surface area (Å²) in [6, 6.07) is 18.3. The van der Waals surface area contributed by atoms with Gasteiger partial charge in [0.2, 0.25) is 0 Å². The number of nitrogens with zero attached hydrogens (tertiary/aromatic N) is 2. The van der Waals surface area contributed by atoms with E-state index >= 15 is 0 Å². The van der Waals surface area contributed by atoms with Crippen molar-refractivity contribution in [2.75, 3.05) is 10.0 Å². The Balaban J connectivity index is 1.39. The highest BCUT2D eigenvalue weighted by molar-refractivity contribution is 7.92. The summed E-state index contributed by atoms with van der Waals surface area (Å²) in [7, 11) is -3.75. The lowest BCUT2D eigenvalue weighted by molar-refractivity contribution is 0.102. The summed E-state index contributed by atoms with van der Waals surface area (Å²) in [4.78, 5) is 22.0. The molecule has 0 spiro atoms. The fraction of sp³-hybridized carbons (Fsp3) is 0.0455. The molecule has 2 heterocycles. The second-order valence-electron chi connectivity index (χ2n) is 6.97. The van der Waals surface area contributed by atoms with Crippen LogP contribution >= 0.6 is 22.7 Å². The van der Waals surface area contributed by atoms with E-state index in [1.54, 1.807) is 47.7 Å². The summed E-state index contributed by atoms with van der Waals surface area (Å²) in [5.41, 5.74) is 2.27. The van der Waals surface area contributed by atoms with Crippen LogP contribution in [0.5, 0.6) is 0 Å². The van der Waals surface area contributed by atoms with E-state index in [9.17, 15) is 13.2 Å². The standard InChI is InChI=1S/C22H16N4O3S3/c1-13-23-19-18(30-13)11-10-17-20(19)31-22(24-17)25-21(27)14-6-5-7-15(12-14)26-32(28,29)16-8-3-2-4-9-16/h2-12,26H,1H3,(H,24,25,27). The molecule has 2 aromatic heterocycles. The van der Waals surface area contributed by atoms with E-state index in [-0.39, 0.29) is 10.8 Å². The highest BCUT2D eigenvalue weighted by Crippen LogP contribution is 2.34. The predicted octanol–water partition coefficient (Wildman–Crippen LogP) is 5.27. The molecule has 32 heavy (non-hydrogen) atoms. The average Bonchev–Trinajstić information content (AvgIpc) is 3.36. The number of hydrogen-bond donors (Lipinski definition) is 2. The number of nitrogens with one attached hydrogen (secondary N) is 2. The lowest BCUT2D eigenvalue weighted by Crippen LogP contribution is -2.15. The molecule has 7 nitrogen and oxygen atoms in total. The summed E-state index contributed by atoms with van der Waals surface area (Å²) < 4.78 is 29.6. The molecule has 0 aliphatic rings. The average molecular weight is 481 g/mol. The van der Waals surface area contributed by atoms with Gasteiger partial charge in [-0.3, -0.25) is 14.8 Å². The van der Waals surface area contributed by atoms with Gasteiger partial charge in [0.05, 0.1) is 24.8 Å². The molecule has 1 amide bonds. The number of anilines is 2. The molecule has 0 fully saturated rings. The summed E-state index contributed by atoms with van der Waals surface area (Å²) in [5, 5.41) is 4.24. The molecule has 5 aromatic rings. The van der Waals surface area contributed by atoms with E-state index in [4.69, 9.17) is 0 Å². The quantitative estimate of drug-likeness (QED) is 0.357. The Morgan fingerprint density at radius 3 is 2.56 bits per heavy atom. The summed E-state index contributed by atoms with van der Waals surface area (Å²) in [5.74, 6) is -0.379. The molecule has 2 N–H and O–H groups in total. The number of amides is 1. The number of thiazole rings is 2. The fourth-order valence-electron chi connectivity index (χ4n) is 3.25. The maximum absolute atomic E-state index is 12.8. The zero-order chi connectivity index (χ0) is 22.3. The van der Waals surface area contributed by atoms with Crippen LogP contribution in [0.2, 0.25) is 0 Å². The van der Waals surface area contributed by atoms with Crippen molar-refractivity contribution < 1.29 is 13.2 Å². The number of hydrogen-bond acceptors (Lipinski definition) is 7.